The van der Waals surface area contributed by atoms with Crippen LogP contribution in [0.4, 0.5) is 4.39 Å². The smallest absolute Gasteiger partial charge is 0.253 e. The van der Waals surface area contributed by atoms with Gasteiger partial charge in [-0.1, -0.05) is 24.3 Å². The van der Waals surface area contributed by atoms with Crippen LogP contribution >= 0.6 is 0 Å². The van der Waals surface area contributed by atoms with Gasteiger partial charge in [-0.25, -0.2) is 9.07 Å². The highest BCUT2D eigenvalue weighted by Crippen LogP contribution is 2.21. The van der Waals surface area contributed by atoms with Crippen molar-refractivity contribution in [2.45, 2.75) is 26.4 Å². The van der Waals surface area contributed by atoms with Gasteiger partial charge in [0.25, 0.3) is 5.91 Å². The maximum Gasteiger partial charge on any atom is 0.253 e. The van der Waals surface area contributed by atoms with E-state index in [1.54, 1.807) is 47.0 Å². The van der Waals surface area contributed by atoms with E-state index in [1.807, 2.05) is 19.9 Å². The van der Waals surface area contributed by atoms with E-state index in [0.29, 0.717) is 17.9 Å². The van der Waals surface area contributed by atoms with Gasteiger partial charge in [-0.2, -0.15) is 0 Å². The third kappa shape index (κ3) is 3.77. The first-order valence-corrected chi connectivity index (χ1v) is 8.34. The number of hydrogen-bond donors (Lipinski definition) is 0. The molecule has 1 aromatic heterocycles. The molecule has 0 aliphatic heterocycles. The monoisotopic (exact) mass is 353 g/mol. The van der Waals surface area contributed by atoms with E-state index in [2.05, 4.69) is 15.5 Å². The first kappa shape index (κ1) is 17.7. The molecule has 0 saturated carbocycles. The van der Waals surface area contributed by atoms with Crippen LogP contribution in [0.25, 0.3) is 11.4 Å². The molecule has 1 heterocycles. The lowest BCUT2D eigenvalue weighted by molar-refractivity contribution is 0.0785. The summed E-state index contributed by atoms with van der Waals surface area (Å²) in [4.78, 5) is 14.3. The Hall–Kier alpha value is -3.09. The second kappa shape index (κ2) is 7.43. The van der Waals surface area contributed by atoms with E-state index in [4.69, 9.17) is 0 Å². The summed E-state index contributed by atoms with van der Waals surface area (Å²) in [6.07, 6.45) is 0. The molecule has 1 amide bonds. The van der Waals surface area contributed by atoms with E-state index < -0.39 is 0 Å². The number of tetrazole rings is 1. The second-order valence-electron chi connectivity index (χ2n) is 6.41. The van der Waals surface area contributed by atoms with Crippen LogP contribution in [0, 0.1) is 5.82 Å². The molecule has 6 nitrogen and oxygen atoms in total. The molecule has 134 valence electrons. The minimum Gasteiger partial charge on any atom is -0.337 e. The number of hydrogen-bond acceptors (Lipinski definition) is 4. The van der Waals surface area contributed by atoms with Crippen molar-refractivity contribution in [2.24, 2.45) is 0 Å². The molecule has 0 unspecified atom stereocenters. The van der Waals surface area contributed by atoms with Crippen LogP contribution < -0.4 is 0 Å². The zero-order valence-corrected chi connectivity index (χ0v) is 14.9. The van der Waals surface area contributed by atoms with E-state index >= 15 is 0 Å². The number of carbonyl (C=O) groups is 1. The SMILES string of the molecule is CC(C)n1nnnc1-c1cccc(C(=O)N(C)Cc2cccc(F)c2)c1. The quantitative estimate of drug-likeness (QED) is 0.706. The molecule has 0 bridgehead atoms. The van der Waals surface area contributed by atoms with Crippen LogP contribution in [0.2, 0.25) is 0 Å². The topological polar surface area (TPSA) is 63.9 Å². The Morgan fingerprint density at radius 1 is 1.19 bits per heavy atom. The predicted octanol–water partition coefficient (Wildman–Crippen LogP) is 3.33. The Kier molecular flexibility index (Phi) is 5.06. The zero-order chi connectivity index (χ0) is 18.7. The molecular formula is C19H20FN5O. The Labute approximate surface area is 151 Å². The summed E-state index contributed by atoms with van der Waals surface area (Å²) in [5, 5.41) is 11.8. The number of carbonyl (C=O) groups excluding carboxylic acids is 1. The first-order valence-electron chi connectivity index (χ1n) is 8.34. The lowest BCUT2D eigenvalue weighted by atomic mass is 10.1. The minimum absolute atomic E-state index is 0.106. The van der Waals surface area contributed by atoms with Crippen molar-refractivity contribution >= 4 is 5.91 Å². The van der Waals surface area contributed by atoms with Crippen LogP contribution in [0.1, 0.15) is 35.8 Å². The molecule has 0 aliphatic carbocycles. The van der Waals surface area contributed by atoms with E-state index in [-0.39, 0.29) is 17.8 Å². The molecule has 7 heteroatoms. The third-order valence-corrected chi connectivity index (χ3v) is 4.01. The van der Waals surface area contributed by atoms with E-state index in [9.17, 15) is 9.18 Å². The Morgan fingerprint density at radius 2 is 1.96 bits per heavy atom. The molecule has 0 saturated heterocycles. The van der Waals surface area contributed by atoms with Crippen molar-refractivity contribution in [1.82, 2.24) is 25.1 Å². The van der Waals surface area contributed by atoms with Crippen LogP contribution in [0.3, 0.4) is 0 Å². The van der Waals surface area contributed by atoms with Gasteiger partial charge in [-0.15, -0.1) is 5.10 Å². The second-order valence-corrected chi connectivity index (χ2v) is 6.41. The molecule has 0 spiro atoms. The molecule has 0 atom stereocenters. The summed E-state index contributed by atoms with van der Waals surface area (Å²) in [6, 6.07) is 13.5. The number of halogens is 1. The first-order chi connectivity index (χ1) is 12.5. The molecule has 3 aromatic rings. The Bertz CT molecular complexity index is 922. The van der Waals surface area contributed by atoms with Gasteiger partial charge >= 0.3 is 0 Å². The van der Waals surface area contributed by atoms with Crippen LogP contribution in [0.15, 0.2) is 48.5 Å². The van der Waals surface area contributed by atoms with Gasteiger partial charge in [0.15, 0.2) is 5.82 Å². The van der Waals surface area contributed by atoms with Crippen molar-refractivity contribution in [3.05, 3.63) is 65.5 Å². The summed E-state index contributed by atoms with van der Waals surface area (Å²) in [6.45, 7) is 4.30. The van der Waals surface area contributed by atoms with Crippen molar-refractivity contribution in [3.8, 4) is 11.4 Å². The molecule has 2 aromatic carbocycles. The maximum absolute atomic E-state index is 13.3. The van der Waals surface area contributed by atoms with Gasteiger partial charge in [0, 0.05) is 24.7 Å². The maximum atomic E-state index is 13.3. The van der Waals surface area contributed by atoms with E-state index in [0.717, 1.165) is 11.1 Å². The largest absolute Gasteiger partial charge is 0.337 e. The van der Waals surface area contributed by atoms with Crippen molar-refractivity contribution < 1.29 is 9.18 Å². The summed E-state index contributed by atoms with van der Waals surface area (Å²) in [5.74, 6) is 0.146. The van der Waals surface area contributed by atoms with Gasteiger partial charge in [0.05, 0.1) is 6.04 Å². The highest BCUT2D eigenvalue weighted by Gasteiger charge is 2.16. The van der Waals surface area contributed by atoms with Gasteiger partial charge in [-0.05, 0) is 54.1 Å². The molecule has 0 aliphatic rings. The van der Waals surface area contributed by atoms with Gasteiger partial charge in [0.1, 0.15) is 5.82 Å². The standard InChI is InChI=1S/C19H20FN5O/c1-13(2)25-18(21-22-23-25)15-7-5-8-16(11-15)19(26)24(3)12-14-6-4-9-17(20)10-14/h4-11,13H,12H2,1-3H3. The van der Waals surface area contributed by atoms with Crippen molar-refractivity contribution in [3.63, 3.8) is 0 Å². The molecule has 26 heavy (non-hydrogen) atoms. The number of benzene rings is 2. The predicted molar refractivity (Wildman–Crippen MR) is 95.8 cm³/mol. The Morgan fingerprint density at radius 3 is 2.69 bits per heavy atom. The summed E-state index contributed by atoms with van der Waals surface area (Å²) in [7, 11) is 1.69. The molecule has 0 fully saturated rings. The zero-order valence-electron chi connectivity index (χ0n) is 14.9. The van der Waals surface area contributed by atoms with Crippen LogP contribution in [-0.4, -0.2) is 38.1 Å². The van der Waals surface area contributed by atoms with Crippen molar-refractivity contribution in [1.29, 1.82) is 0 Å². The van der Waals surface area contributed by atoms with E-state index in [1.165, 1.54) is 12.1 Å². The van der Waals surface area contributed by atoms with Crippen LogP contribution in [-0.2, 0) is 6.54 Å². The van der Waals surface area contributed by atoms with Crippen molar-refractivity contribution in [2.75, 3.05) is 7.05 Å². The van der Waals surface area contributed by atoms with Gasteiger partial charge < -0.3 is 4.90 Å². The fourth-order valence-corrected chi connectivity index (χ4v) is 2.72. The summed E-state index contributed by atoms with van der Waals surface area (Å²) in [5.41, 5.74) is 2.04. The normalized spacial score (nSPS) is 11.0. The average Bonchev–Trinajstić information content (AvgIpc) is 3.11. The summed E-state index contributed by atoms with van der Waals surface area (Å²) < 4.78 is 15.0. The molecule has 0 N–H and O–H groups in total. The van der Waals surface area contributed by atoms with Gasteiger partial charge in [-0.3, -0.25) is 4.79 Å². The minimum atomic E-state index is -0.314. The molecule has 0 radical (unpaired) electrons. The number of nitrogens with zero attached hydrogens (tertiary/aromatic N) is 5. The highest BCUT2D eigenvalue weighted by molar-refractivity contribution is 5.95. The van der Waals surface area contributed by atoms with Crippen LogP contribution in [0.5, 0.6) is 0 Å². The Balaban J connectivity index is 1.83. The van der Waals surface area contributed by atoms with Gasteiger partial charge in [0.2, 0.25) is 0 Å². The number of amides is 1. The number of rotatable bonds is 5. The fraction of sp³-hybridized carbons (Fsp3) is 0.263. The number of aromatic nitrogens is 4. The highest BCUT2D eigenvalue weighted by atomic mass is 19.1. The lowest BCUT2D eigenvalue weighted by Crippen LogP contribution is -2.26. The fourth-order valence-electron chi connectivity index (χ4n) is 2.72. The lowest BCUT2D eigenvalue weighted by Gasteiger charge is -2.18. The third-order valence-electron chi connectivity index (χ3n) is 4.01. The molecular weight excluding hydrogens is 333 g/mol. The summed E-state index contributed by atoms with van der Waals surface area (Å²) >= 11 is 0. The molecule has 3 rings (SSSR count). The average molecular weight is 353 g/mol.